The lowest BCUT2D eigenvalue weighted by Crippen LogP contribution is -2.18. The van der Waals surface area contributed by atoms with E-state index >= 15 is 0 Å². The summed E-state index contributed by atoms with van der Waals surface area (Å²) in [4.78, 5) is 1.32. The van der Waals surface area contributed by atoms with E-state index in [1.54, 1.807) is 11.3 Å². The average Bonchev–Trinajstić information content (AvgIpc) is 2.81. The molecular weight excluding hydrogens is 254 g/mol. The molecule has 0 bridgehead atoms. The molecule has 3 nitrogen and oxygen atoms in total. The van der Waals surface area contributed by atoms with Gasteiger partial charge in [0.25, 0.3) is 0 Å². The van der Waals surface area contributed by atoms with E-state index in [2.05, 4.69) is 22.5 Å². The lowest BCUT2D eigenvalue weighted by atomic mass is 10.3. The molecule has 0 atom stereocenters. The monoisotopic (exact) mass is 269 g/mol. The van der Waals surface area contributed by atoms with Gasteiger partial charge in [-0.05, 0) is 31.5 Å². The third-order valence-corrected chi connectivity index (χ3v) is 3.87. The van der Waals surface area contributed by atoms with Crippen LogP contribution < -0.4 is 5.32 Å². The summed E-state index contributed by atoms with van der Waals surface area (Å²) in [5.41, 5.74) is 2.28. The molecule has 2 heterocycles. The Kier molecular flexibility index (Phi) is 4.20. The largest absolute Gasteiger partial charge is 0.311 e. The van der Waals surface area contributed by atoms with Crippen molar-refractivity contribution in [2.75, 3.05) is 6.54 Å². The van der Waals surface area contributed by atoms with Crippen molar-refractivity contribution in [1.29, 1.82) is 0 Å². The van der Waals surface area contributed by atoms with Crippen LogP contribution in [-0.4, -0.2) is 16.3 Å². The van der Waals surface area contributed by atoms with Crippen molar-refractivity contribution in [3.05, 3.63) is 38.8 Å². The first-order valence-corrected chi connectivity index (χ1v) is 6.79. The highest BCUT2D eigenvalue weighted by Gasteiger charge is 2.01. The number of halogens is 1. The molecule has 0 saturated carbocycles. The summed E-state index contributed by atoms with van der Waals surface area (Å²) < 4.78 is 2.78. The Morgan fingerprint density at radius 1 is 1.47 bits per heavy atom. The third-order valence-electron chi connectivity index (χ3n) is 2.58. The maximum Gasteiger partial charge on any atom is 0.0931 e. The van der Waals surface area contributed by atoms with Crippen molar-refractivity contribution < 1.29 is 0 Å². The van der Waals surface area contributed by atoms with Crippen molar-refractivity contribution >= 4 is 22.9 Å². The summed E-state index contributed by atoms with van der Waals surface area (Å²) in [6, 6.07) is 6.14. The lowest BCUT2D eigenvalue weighted by Gasteiger charge is -2.03. The highest BCUT2D eigenvalue weighted by molar-refractivity contribution is 7.16. The second-order valence-corrected chi connectivity index (χ2v) is 5.83. The Hall–Kier alpha value is -0.840. The highest BCUT2D eigenvalue weighted by Crippen LogP contribution is 2.21. The van der Waals surface area contributed by atoms with Crippen LogP contribution in [0.15, 0.2) is 18.2 Å². The first-order valence-electron chi connectivity index (χ1n) is 5.59. The van der Waals surface area contributed by atoms with Crippen LogP contribution in [-0.2, 0) is 20.0 Å². The van der Waals surface area contributed by atoms with Gasteiger partial charge in [0, 0.05) is 25.0 Å². The Bertz CT molecular complexity index is 490. The Labute approximate surface area is 110 Å². The van der Waals surface area contributed by atoms with Gasteiger partial charge in [-0.2, -0.15) is 5.10 Å². The molecule has 0 amide bonds. The van der Waals surface area contributed by atoms with Gasteiger partial charge in [0.05, 0.1) is 15.7 Å². The molecule has 2 rings (SSSR count). The van der Waals surface area contributed by atoms with Crippen LogP contribution in [0.5, 0.6) is 0 Å². The van der Waals surface area contributed by atoms with Crippen molar-refractivity contribution in [3.8, 4) is 0 Å². The van der Waals surface area contributed by atoms with Crippen molar-refractivity contribution in [3.63, 3.8) is 0 Å². The SMILES string of the molecule is Cc1cc(CNCCc2ccc(Cl)s2)n(C)n1. The summed E-state index contributed by atoms with van der Waals surface area (Å²) in [5, 5.41) is 7.73. The van der Waals surface area contributed by atoms with Crippen LogP contribution in [0.1, 0.15) is 16.3 Å². The van der Waals surface area contributed by atoms with Crippen LogP contribution in [0.2, 0.25) is 4.34 Å². The van der Waals surface area contributed by atoms with Gasteiger partial charge < -0.3 is 5.32 Å². The molecule has 2 aromatic rings. The van der Waals surface area contributed by atoms with Gasteiger partial charge in [-0.25, -0.2) is 0 Å². The van der Waals surface area contributed by atoms with Gasteiger partial charge in [-0.1, -0.05) is 11.6 Å². The van der Waals surface area contributed by atoms with Gasteiger partial charge in [0.1, 0.15) is 0 Å². The molecule has 2 aromatic heterocycles. The molecule has 5 heteroatoms. The van der Waals surface area contributed by atoms with Crippen LogP contribution in [0.3, 0.4) is 0 Å². The Morgan fingerprint density at radius 3 is 2.88 bits per heavy atom. The molecule has 0 aromatic carbocycles. The topological polar surface area (TPSA) is 29.9 Å². The fourth-order valence-electron chi connectivity index (χ4n) is 1.74. The second kappa shape index (κ2) is 5.67. The number of rotatable bonds is 5. The molecule has 92 valence electrons. The number of nitrogens with zero attached hydrogens (tertiary/aromatic N) is 2. The molecule has 0 aliphatic carbocycles. The van der Waals surface area contributed by atoms with Gasteiger partial charge >= 0.3 is 0 Å². The van der Waals surface area contributed by atoms with E-state index < -0.39 is 0 Å². The number of nitrogens with one attached hydrogen (secondary N) is 1. The van der Waals surface area contributed by atoms with Gasteiger partial charge in [0.15, 0.2) is 0 Å². The molecule has 0 radical (unpaired) electrons. The zero-order valence-corrected chi connectivity index (χ0v) is 11.6. The fraction of sp³-hybridized carbons (Fsp3) is 0.417. The molecule has 0 saturated heterocycles. The van der Waals surface area contributed by atoms with Crippen molar-refractivity contribution in [2.24, 2.45) is 7.05 Å². The van der Waals surface area contributed by atoms with E-state index in [4.69, 9.17) is 11.6 Å². The number of aryl methyl sites for hydroxylation is 2. The molecule has 17 heavy (non-hydrogen) atoms. The molecule has 0 aliphatic rings. The van der Waals surface area contributed by atoms with E-state index in [9.17, 15) is 0 Å². The first-order chi connectivity index (χ1) is 8.15. The minimum atomic E-state index is 0.858. The molecule has 0 unspecified atom stereocenters. The molecule has 1 N–H and O–H groups in total. The van der Waals surface area contributed by atoms with Crippen molar-refractivity contribution in [1.82, 2.24) is 15.1 Å². The lowest BCUT2D eigenvalue weighted by molar-refractivity contribution is 0.626. The number of aromatic nitrogens is 2. The van der Waals surface area contributed by atoms with Crippen LogP contribution >= 0.6 is 22.9 Å². The zero-order valence-electron chi connectivity index (χ0n) is 10.0. The highest BCUT2D eigenvalue weighted by atomic mass is 35.5. The zero-order chi connectivity index (χ0) is 12.3. The summed E-state index contributed by atoms with van der Waals surface area (Å²) in [6.07, 6.45) is 1.02. The maximum atomic E-state index is 5.88. The second-order valence-electron chi connectivity index (χ2n) is 4.03. The Morgan fingerprint density at radius 2 is 2.29 bits per heavy atom. The van der Waals surface area contributed by atoms with Crippen LogP contribution in [0, 0.1) is 6.92 Å². The van der Waals surface area contributed by atoms with E-state index in [-0.39, 0.29) is 0 Å². The number of hydrogen-bond donors (Lipinski definition) is 1. The quantitative estimate of drug-likeness (QED) is 0.846. The van der Waals surface area contributed by atoms with Gasteiger partial charge in [-0.3, -0.25) is 4.68 Å². The first kappa shape index (κ1) is 12.6. The van der Waals surface area contributed by atoms with E-state index in [0.717, 1.165) is 29.5 Å². The maximum absolute atomic E-state index is 5.88. The number of thiophene rings is 1. The van der Waals surface area contributed by atoms with Crippen LogP contribution in [0.25, 0.3) is 0 Å². The summed E-state index contributed by atoms with van der Waals surface area (Å²) in [6.45, 7) is 3.83. The van der Waals surface area contributed by atoms with E-state index in [1.807, 2.05) is 24.7 Å². The average molecular weight is 270 g/mol. The fourth-order valence-corrected chi connectivity index (χ4v) is 2.83. The van der Waals surface area contributed by atoms with Gasteiger partial charge in [-0.15, -0.1) is 11.3 Å². The van der Waals surface area contributed by atoms with Crippen LogP contribution in [0.4, 0.5) is 0 Å². The van der Waals surface area contributed by atoms with Gasteiger partial charge in [0.2, 0.25) is 0 Å². The smallest absolute Gasteiger partial charge is 0.0931 e. The summed E-state index contributed by atoms with van der Waals surface area (Å²) in [7, 11) is 1.98. The third kappa shape index (κ3) is 3.56. The molecular formula is C12H16ClN3S. The molecule has 0 spiro atoms. The molecule has 0 fully saturated rings. The van der Waals surface area contributed by atoms with E-state index in [1.165, 1.54) is 10.6 Å². The Balaban J connectivity index is 1.75. The van der Waals surface area contributed by atoms with Crippen molar-refractivity contribution in [2.45, 2.75) is 19.9 Å². The standard InChI is InChI=1S/C12H16ClN3S/c1-9-7-10(16(2)15-9)8-14-6-5-11-3-4-12(13)17-11/h3-4,7,14H,5-6,8H2,1-2H3. The molecule has 0 aliphatic heterocycles. The summed E-state index contributed by atoms with van der Waals surface area (Å²) in [5.74, 6) is 0. The number of hydrogen-bond acceptors (Lipinski definition) is 3. The van der Waals surface area contributed by atoms with E-state index in [0.29, 0.717) is 0 Å². The minimum absolute atomic E-state index is 0.858. The summed E-state index contributed by atoms with van der Waals surface area (Å²) >= 11 is 7.53. The minimum Gasteiger partial charge on any atom is -0.311 e. The predicted octanol–water partition coefficient (Wildman–Crippen LogP) is 2.78. The predicted molar refractivity (Wildman–Crippen MR) is 72.7 cm³/mol. The normalized spacial score (nSPS) is 11.0.